The first-order chi connectivity index (χ1) is 10.1. The summed E-state index contributed by atoms with van der Waals surface area (Å²) < 4.78 is 5.15. The van der Waals surface area contributed by atoms with Crippen LogP contribution in [0.3, 0.4) is 0 Å². The maximum absolute atomic E-state index is 11.8. The van der Waals surface area contributed by atoms with Crippen molar-refractivity contribution in [2.45, 2.75) is 20.4 Å². The van der Waals surface area contributed by atoms with Gasteiger partial charge in [0, 0.05) is 17.5 Å². The molecule has 4 heteroatoms. The molecule has 2 aromatic rings. The lowest BCUT2D eigenvalue weighted by atomic mass is 10.2. The van der Waals surface area contributed by atoms with Gasteiger partial charge in [-0.05, 0) is 54.1 Å². The monoisotopic (exact) mass is 301 g/mol. The van der Waals surface area contributed by atoms with Gasteiger partial charge in [0.1, 0.15) is 5.75 Å². The highest BCUT2D eigenvalue weighted by molar-refractivity contribution is 7.10. The summed E-state index contributed by atoms with van der Waals surface area (Å²) in [5, 5.41) is 5.00. The molecule has 0 atom stereocenters. The predicted molar refractivity (Wildman–Crippen MR) is 87.7 cm³/mol. The Morgan fingerprint density at radius 2 is 2.19 bits per heavy atom. The largest absolute Gasteiger partial charge is 0.497 e. The van der Waals surface area contributed by atoms with Crippen LogP contribution in [-0.2, 0) is 11.3 Å². The van der Waals surface area contributed by atoms with Gasteiger partial charge in [0.25, 0.3) is 0 Å². The normalized spacial score (nSPS) is 10.8. The lowest BCUT2D eigenvalue weighted by molar-refractivity contribution is -0.116. The van der Waals surface area contributed by atoms with E-state index in [4.69, 9.17) is 4.74 Å². The molecule has 0 aliphatic rings. The van der Waals surface area contributed by atoms with Crippen LogP contribution >= 0.6 is 11.3 Å². The molecule has 0 spiro atoms. The van der Waals surface area contributed by atoms with Gasteiger partial charge >= 0.3 is 0 Å². The zero-order chi connectivity index (χ0) is 15.2. The third kappa shape index (κ3) is 4.20. The number of thiophene rings is 1. The minimum atomic E-state index is -0.0962. The van der Waals surface area contributed by atoms with E-state index in [0.29, 0.717) is 6.54 Å². The summed E-state index contributed by atoms with van der Waals surface area (Å²) in [5.74, 6) is 0.683. The lowest BCUT2D eigenvalue weighted by Crippen LogP contribution is -2.20. The van der Waals surface area contributed by atoms with Crippen LogP contribution in [0.2, 0.25) is 0 Å². The Morgan fingerprint density at radius 3 is 2.86 bits per heavy atom. The van der Waals surface area contributed by atoms with Crippen LogP contribution < -0.4 is 10.1 Å². The molecule has 21 heavy (non-hydrogen) atoms. The maximum Gasteiger partial charge on any atom is 0.244 e. The van der Waals surface area contributed by atoms with E-state index in [1.807, 2.05) is 24.3 Å². The first kappa shape index (κ1) is 15.3. The number of nitrogens with one attached hydrogen (secondary N) is 1. The summed E-state index contributed by atoms with van der Waals surface area (Å²) in [6.45, 7) is 4.74. The fourth-order valence-corrected chi connectivity index (χ4v) is 2.78. The molecule has 1 aromatic heterocycles. The molecule has 0 bridgehead atoms. The molecule has 0 radical (unpaired) electrons. The van der Waals surface area contributed by atoms with Gasteiger partial charge in [0.05, 0.1) is 7.11 Å². The third-order valence-corrected chi connectivity index (χ3v) is 4.42. The Kier molecular flexibility index (Phi) is 5.17. The number of ether oxygens (including phenoxy) is 1. The van der Waals surface area contributed by atoms with Gasteiger partial charge in [-0.1, -0.05) is 12.1 Å². The van der Waals surface area contributed by atoms with E-state index in [9.17, 15) is 4.79 Å². The average molecular weight is 301 g/mol. The standard InChI is InChI=1S/C17H19NO2S/c1-12-13(2)21-11-15(12)10-18-17(19)8-7-14-5-4-6-16(9-14)20-3/h4-9,11H,10H2,1-3H3,(H,18,19)/b8-7+. The van der Waals surface area contributed by atoms with Gasteiger partial charge in [-0.2, -0.15) is 0 Å². The summed E-state index contributed by atoms with van der Waals surface area (Å²) in [7, 11) is 1.63. The van der Waals surface area contributed by atoms with Crippen LogP contribution in [0.1, 0.15) is 21.6 Å². The minimum Gasteiger partial charge on any atom is -0.497 e. The van der Waals surface area contributed by atoms with Gasteiger partial charge in [-0.3, -0.25) is 4.79 Å². The molecule has 2 rings (SSSR count). The molecule has 0 aliphatic heterocycles. The Labute approximate surface area is 129 Å². The van der Waals surface area contributed by atoms with E-state index < -0.39 is 0 Å². The van der Waals surface area contributed by atoms with E-state index in [-0.39, 0.29) is 5.91 Å². The summed E-state index contributed by atoms with van der Waals surface area (Å²) in [5.41, 5.74) is 3.38. The minimum absolute atomic E-state index is 0.0962. The zero-order valence-corrected chi connectivity index (χ0v) is 13.3. The van der Waals surface area contributed by atoms with Gasteiger partial charge in [0.15, 0.2) is 0 Å². The lowest BCUT2D eigenvalue weighted by Gasteiger charge is -2.03. The first-order valence-corrected chi connectivity index (χ1v) is 7.61. The van der Waals surface area contributed by atoms with E-state index in [1.165, 1.54) is 16.0 Å². The number of carbonyl (C=O) groups excluding carboxylic acids is 1. The van der Waals surface area contributed by atoms with Crippen molar-refractivity contribution in [3.05, 3.63) is 57.3 Å². The Hall–Kier alpha value is -2.07. The quantitative estimate of drug-likeness (QED) is 0.855. The second-order valence-electron chi connectivity index (χ2n) is 4.77. The topological polar surface area (TPSA) is 38.3 Å². The van der Waals surface area contributed by atoms with Gasteiger partial charge in [-0.15, -0.1) is 11.3 Å². The summed E-state index contributed by atoms with van der Waals surface area (Å²) in [6, 6.07) is 7.59. The Balaban J connectivity index is 1.92. The average Bonchev–Trinajstić information content (AvgIpc) is 2.83. The van der Waals surface area contributed by atoms with Crippen molar-refractivity contribution in [2.75, 3.05) is 7.11 Å². The van der Waals surface area contributed by atoms with Crippen molar-refractivity contribution < 1.29 is 9.53 Å². The van der Waals surface area contributed by atoms with Gasteiger partial charge < -0.3 is 10.1 Å². The van der Waals surface area contributed by atoms with Crippen LogP contribution in [0.25, 0.3) is 6.08 Å². The number of benzene rings is 1. The molecule has 0 aliphatic carbocycles. The molecular formula is C17H19NO2S. The van der Waals surface area contributed by atoms with Crippen LogP contribution in [0.4, 0.5) is 0 Å². The molecule has 0 saturated carbocycles. The summed E-state index contributed by atoms with van der Waals surface area (Å²) in [4.78, 5) is 13.1. The number of aryl methyl sites for hydroxylation is 1. The molecule has 0 fully saturated rings. The van der Waals surface area contributed by atoms with Gasteiger partial charge in [0.2, 0.25) is 5.91 Å². The fraction of sp³-hybridized carbons (Fsp3) is 0.235. The van der Waals surface area contributed by atoms with Gasteiger partial charge in [-0.25, -0.2) is 0 Å². The third-order valence-electron chi connectivity index (χ3n) is 3.36. The molecule has 3 nitrogen and oxygen atoms in total. The molecule has 0 unspecified atom stereocenters. The van der Waals surface area contributed by atoms with E-state index >= 15 is 0 Å². The van der Waals surface area contributed by atoms with E-state index in [1.54, 1.807) is 30.6 Å². The molecule has 1 aromatic carbocycles. The zero-order valence-electron chi connectivity index (χ0n) is 12.5. The van der Waals surface area contributed by atoms with Crippen molar-refractivity contribution in [1.82, 2.24) is 5.32 Å². The summed E-state index contributed by atoms with van der Waals surface area (Å²) in [6.07, 6.45) is 3.33. The van der Waals surface area contributed by atoms with Crippen LogP contribution in [0.5, 0.6) is 5.75 Å². The predicted octanol–water partition coefficient (Wildman–Crippen LogP) is 3.70. The van der Waals surface area contributed by atoms with E-state index in [0.717, 1.165) is 11.3 Å². The number of hydrogen-bond acceptors (Lipinski definition) is 3. The SMILES string of the molecule is COc1cccc(/C=C/C(=O)NCc2csc(C)c2C)c1. The smallest absolute Gasteiger partial charge is 0.244 e. The van der Waals surface area contributed by atoms with E-state index in [2.05, 4.69) is 24.5 Å². The highest BCUT2D eigenvalue weighted by atomic mass is 32.1. The van der Waals surface area contributed by atoms with Crippen molar-refractivity contribution in [1.29, 1.82) is 0 Å². The number of hydrogen-bond donors (Lipinski definition) is 1. The highest BCUT2D eigenvalue weighted by Gasteiger charge is 2.04. The number of carbonyl (C=O) groups is 1. The molecule has 0 saturated heterocycles. The van der Waals surface area contributed by atoms with Crippen molar-refractivity contribution in [3.8, 4) is 5.75 Å². The second kappa shape index (κ2) is 7.09. The second-order valence-corrected chi connectivity index (χ2v) is 5.85. The van der Waals surface area contributed by atoms with Crippen LogP contribution in [0.15, 0.2) is 35.7 Å². The Bertz CT molecular complexity index is 659. The van der Waals surface area contributed by atoms with Crippen molar-refractivity contribution in [2.24, 2.45) is 0 Å². The molecule has 1 N–H and O–H groups in total. The molecular weight excluding hydrogens is 282 g/mol. The number of methoxy groups -OCH3 is 1. The highest BCUT2D eigenvalue weighted by Crippen LogP contribution is 2.20. The van der Waals surface area contributed by atoms with Crippen molar-refractivity contribution >= 4 is 23.3 Å². The fourth-order valence-electron chi connectivity index (χ4n) is 1.90. The molecule has 1 amide bonds. The van der Waals surface area contributed by atoms with Crippen LogP contribution in [0, 0.1) is 13.8 Å². The maximum atomic E-state index is 11.8. The van der Waals surface area contributed by atoms with Crippen LogP contribution in [-0.4, -0.2) is 13.0 Å². The molecule has 110 valence electrons. The first-order valence-electron chi connectivity index (χ1n) is 6.73. The van der Waals surface area contributed by atoms with Crippen molar-refractivity contribution in [3.63, 3.8) is 0 Å². The molecule has 1 heterocycles. The Morgan fingerprint density at radius 1 is 1.38 bits per heavy atom. The number of rotatable bonds is 5. The number of amides is 1. The summed E-state index contributed by atoms with van der Waals surface area (Å²) >= 11 is 1.71.